The number of esters is 1. The standard InChI is InChI=1S/C16H25NO3/c1-12(2)17-10-13-6-8-14(9-7-13)20-11-16(3,4)15(18)19-5/h6-9,12,17H,10-11H2,1-5H3. The molecular weight excluding hydrogens is 254 g/mol. The molecule has 0 saturated heterocycles. The van der Waals surface area contributed by atoms with Crippen LogP contribution in [0.15, 0.2) is 24.3 Å². The lowest BCUT2D eigenvalue weighted by Gasteiger charge is -2.21. The summed E-state index contributed by atoms with van der Waals surface area (Å²) >= 11 is 0. The molecule has 1 aromatic rings. The van der Waals surface area contributed by atoms with E-state index in [0.29, 0.717) is 12.6 Å². The molecule has 0 radical (unpaired) electrons. The third-order valence-corrected chi connectivity index (χ3v) is 2.98. The summed E-state index contributed by atoms with van der Waals surface area (Å²) in [6.07, 6.45) is 0. The van der Waals surface area contributed by atoms with Gasteiger partial charge in [0, 0.05) is 12.6 Å². The number of hydrogen-bond acceptors (Lipinski definition) is 4. The number of methoxy groups -OCH3 is 1. The Morgan fingerprint density at radius 2 is 1.85 bits per heavy atom. The fourth-order valence-corrected chi connectivity index (χ4v) is 1.62. The Kier molecular flexibility index (Phi) is 6.02. The van der Waals surface area contributed by atoms with Crippen molar-refractivity contribution in [2.75, 3.05) is 13.7 Å². The Morgan fingerprint density at radius 3 is 2.35 bits per heavy atom. The lowest BCUT2D eigenvalue weighted by Crippen LogP contribution is -2.32. The fourth-order valence-electron chi connectivity index (χ4n) is 1.62. The monoisotopic (exact) mass is 279 g/mol. The molecule has 0 heterocycles. The number of hydrogen-bond donors (Lipinski definition) is 1. The first kappa shape index (κ1) is 16.5. The zero-order valence-corrected chi connectivity index (χ0v) is 13.0. The summed E-state index contributed by atoms with van der Waals surface area (Å²) in [5, 5.41) is 3.36. The summed E-state index contributed by atoms with van der Waals surface area (Å²) in [6, 6.07) is 8.35. The molecule has 0 amide bonds. The van der Waals surface area contributed by atoms with Gasteiger partial charge >= 0.3 is 5.97 Å². The Bertz CT molecular complexity index is 424. The Balaban J connectivity index is 2.51. The van der Waals surface area contributed by atoms with Crippen molar-refractivity contribution in [1.29, 1.82) is 0 Å². The maximum Gasteiger partial charge on any atom is 0.314 e. The highest BCUT2D eigenvalue weighted by molar-refractivity contribution is 5.75. The Hall–Kier alpha value is -1.55. The molecule has 4 nitrogen and oxygen atoms in total. The first-order valence-electron chi connectivity index (χ1n) is 6.88. The predicted molar refractivity (Wildman–Crippen MR) is 79.7 cm³/mol. The van der Waals surface area contributed by atoms with Gasteiger partial charge in [0.2, 0.25) is 0 Å². The lowest BCUT2D eigenvalue weighted by atomic mass is 9.95. The van der Waals surface area contributed by atoms with E-state index < -0.39 is 5.41 Å². The normalized spacial score (nSPS) is 11.5. The summed E-state index contributed by atoms with van der Waals surface area (Å²) in [5.74, 6) is 0.491. The van der Waals surface area contributed by atoms with Crippen molar-refractivity contribution in [2.45, 2.75) is 40.3 Å². The van der Waals surface area contributed by atoms with Crippen LogP contribution in [0, 0.1) is 5.41 Å². The molecule has 0 aliphatic heterocycles. The summed E-state index contributed by atoms with van der Waals surface area (Å²) in [4.78, 5) is 11.5. The third kappa shape index (κ3) is 5.21. The quantitative estimate of drug-likeness (QED) is 0.780. The van der Waals surface area contributed by atoms with Crippen molar-refractivity contribution >= 4 is 5.97 Å². The number of ether oxygens (including phenoxy) is 2. The van der Waals surface area contributed by atoms with E-state index in [9.17, 15) is 4.79 Å². The van der Waals surface area contributed by atoms with Crippen LogP contribution in [0.5, 0.6) is 5.75 Å². The smallest absolute Gasteiger partial charge is 0.314 e. The molecule has 1 rings (SSSR count). The molecule has 0 aliphatic rings. The van der Waals surface area contributed by atoms with Crippen LogP contribution in [-0.4, -0.2) is 25.7 Å². The molecule has 0 aromatic heterocycles. The number of carbonyl (C=O) groups excluding carboxylic acids is 1. The van der Waals surface area contributed by atoms with Gasteiger partial charge in [0.15, 0.2) is 0 Å². The van der Waals surface area contributed by atoms with Crippen molar-refractivity contribution < 1.29 is 14.3 Å². The minimum Gasteiger partial charge on any atom is -0.492 e. The average Bonchev–Trinajstić information content (AvgIpc) is 2.43. The average molecular weight is 279 g/mol. The van der Waals surface area contributed by atoms with Crippen LogP contribution in [0.4, 0.5) is 0 Å². The van der Waals surface area contributed by atoms with Crippen molar-refractivity contribution in [1.82, 2.24) is 5.32 Å². The second-order valence-corrected chi connectivity index (χ2v) is 5.84. The maximum absolute atomic E-state index is 11.5. The summed E-state index contributed by atoms with van der Waals surface area (Å²) < 4.78 is 10.4. The van der Waals surface area contributed by atoms with E-state index in [0.717, 1.165) is 12.3 Å². The van der Waals surface area contributed by atoms with Crippen LogP contribution in [0.1, 0.15) is 33.3 Å². The fraction of sp³-hybridized carbons (Fsp3) is 0.562. The molecule has 112 valence electrons. The van der Waals surface area contributed by atoms with E-state index in [4.69, 9.17) is 9.47 Å². The highest BCUT2D eigenvalue weighted by atomic mass is 16.5. The molecule has 1 N–H and O–H groups in total. The lowest BCUT2D eigenvalue weighted by molar-refractivity contribution is -0.152. The van der Waals surface area contributed by atoms with Gasteiger partial charge in [-0.25, -0.2) is 0 Å². The van der Waals surface area contributed by atoms with Crippen LogP contribution in [0.2, 0.25) is 0 Å². The molecule has 1 aromatic carbocycles. The van der Waals surface area contributed by atoms with E-state index >= 15 is 0 Å². The van der Waals surface area contributed by atoms with E-state index in [1.807, 2.05) is 24.3 Å². The van der Waals surface area contributed by atoms with Gasteiger partial charge in [-0.1, -0.05) is 26.0 Å². The first-order chi connectivity index (χ1) is 9.35. The van der Waals surface area contributed by atoms with Crippen LogP contribution in [-0.2, 0) is 16.1 Å². The van der Waals surface area contributed by atoms with E-state index in [1.54, 1.807) is 13.8 Å². The molecule has 0 bridgehead atoms. The van der Waals surface area contributed by atoms with E-state index in [-0.39, 0.29) is 5.97 Å². The molecule has 20 heavy (non-hydrogen) atoms. The largest absolute Gasteiger partial charge is 0.492 e. The van der Waals surface area contributed by atoms with Crippen LogP contribution in [0.3, 0.4) is 0 Å². The van der Waals surface area contributed by atoms with Gasteiger partial charge in [-0.05, 0) is 31.5 Å². The zero-order chi connectivity index (χ0) is 15.2. The van der Waals surface area contributed by atoms with Crippen molar-refractivity contribution in [3.63, 3.8) is 0 Å². The van der Waals surface area contributed by atoms with Crippen molar-refractivity contribution in [3.05, 3.63) is 29.8 Å². The highest BCUT2D eigenvalue weighted by Gasteiger charge is 2.29. The molecular formula is C16H25NO3. The number of nitrogens with one attached hydrogen (secondary N) is 1. The summed E-state index contributed by atoms with van der Waals surface area (Å²) in [6.45, 7) is 8.98. The van der Waals surface area contributed by atoms with Gasteiger partial charge in [-0.2, -0.15) is 0 Å². The van der Waals surface area contributed by atoms with Gasteiger partial charge in [0.1, 0.15) is 12.4 Å². The molecule has 0 spiro atoms. The van der Waals surface area contributed by atoms with Gasteiger partial charge in [-0.3, -0.25) is 4.79 Å². The summed E-state index contributed by atoms with van der Waals surface area (Å²) in [5.41, 5.74) is 0.561. The number of benzene rings is 1. The van der Waals surface area contributed by atoms with Crippen LogP contribution in [0.25, 0.3) is 0 Å². The second kappa shape index (κ2) is 7.29. The SMILES string of the molecule is COC(=O)C(C)(C)COc1ccc(CNC(C)C)cc1. The molecule has 4 heteroatoms. The van der Waals surface area contributed by atoms with Gasteiger partial charge in [0.05, 0.1) is 12.5 Å². The number of carbonyl (C=O) groups is 1. The predicted octanol–water partition coefficient (Wildman–Crippen LogP) is 2.76. The molecule has 0 fully saturated rings. The second-order valence-electron chi connectivity index (χ2n) is 5.84. The Morgan fingerprint density at radius 1 is 1.25 bits per heavy atom. The maximum atomic E-state index is 11.5. The van der Waals surface area contributed by atoms with E-state index in [2.05, 4.69) is 19.2 Å². The minimum atomic E-state index is -0.646. The van der Waals surface area contributed by atoms with Crippen molar-refractivity contribution in [3.8, 4) is 5.75 Å². The van der Waals surface area contributed by atoms with Gasteiger partial charge in [0.25, 0.3) is 0 Å². The number of rotatable bonds is 7. The van der Waals surface area contributed by atoms with Gasteiger partial charge in [-0.15, -0.1) is 0 Å². The molecule has 0 unspecified atom stereocenters. The first-order valence-corrected chi connectivity index (χ1v) is 6.88. The summed E-state index contributed by atoms with van der Waals surface area (Å²) in [7, 11) is 1.39. The van der Waals surface area contributed by atoms with Crippen LogP contribution < -0.4 is 10.1 Å². The molecule has 0 saturated carbocycles. The van der Waals surface area contributed by atoms with E-state index in [1.165, 1.54) is 12.7 Å². The zero-order valence-electron chi connectivity index (χ0n) is 13.0. The minimum absolute atomic E-state index is 0.268. The topological polar surface area (TPSA) is 47.6 Å². The highest BCUT2D eigenvalue weighted by Crippen LogP contribution is 2.20. The van der Waals surface area contributed by atoms with Crippen molar-refractivity contribution in [2.24, 2.45) is 5.41 Å². The molecule has 0 atom stereocenters. The van der Waals surface area contributed by atoms with Gasteiger partial charge < -0.3 is 14.8 Å². The Labute approximate surface area is 121 Å². The molecule has 0 aliphatic carbocycles. The van der Waals surface area contributed by atoms with Crippen LogP contribution >= 0.6 is 0 Å². The third-order valence-electron chi connectivity index (χ3n) is 2.98.